The third kappa shape index (κ3) is 2.16. The van der Waals surface area contributed by atoms with Gasteiger partial charge in [-0.1, -0.05) is 12.1 Å². The maximum absolute atomic E-state index is 5.32. The van der Waals surface area contributed by atoms with Crippen LogP contribution >= 0.6 is 0 Å². The van der Waals surface area contributed by atoms with Gasteiger partial charge in [-0.2, -0.15) is 0 Å². The zero-order chi connectivity index (χ0) is 11.4. The normalized spacial score (nSPS) is 10.1. The van der Waals surface area contributed by atoms with Crippen LogP contribution in [-0.4, -0.2) is 24.1 Å². The monoisotopic (exact) mass is 217 g/mol. The van der Waals surface area contributed by atoms with Gasteiger partial charge in [0, 0.05) is 13.2 Å². The van der Waals surface area contributed by atoms with E-state index in [1.807, 2.05) is 37.5 Å². The molecule has 16 heavy (non-hydrogen) atoms. The number of imidazole rings is 1. The van der Waals surface area contributed by atoms with Gasteiger partial charge in [0.05, 0.1) is 31.4 Å². The van der Waals surface area contributed by atoms with Gasteiger partial charge in [0.15, 0.2) is 0 Å². The number of para-hydroxylation sites is 2. The van der Waals surface area contributed by atoms with Crippen molar-refractivity contribution >= 4 is 5.69 Å². The Morgan fingerprint density at radius 3 is 2.88 bits per heavy atom. The van der Waals surface area contributed by atoms with Crippen molar-refractivity contribution in [2.45, 2.75) is 6.54 Å². The first-order valence-corrected chi connectivity index (χ1v) is 5.12. The molecule has 1 aromatic carbocycles. The van der Waals surface area contributed by atoms with Gasteiger partial charge in [0.2, 0.25) is 0 Å². The van der Waals surface area contributed by atoms with Crippen LogP contribution in [0.25, 0.3) is 0 Å². The third-order valence-electron chi connectivity index (χ3n) is 2.46. The van der Waals surface area contributed by atoms with E-state index in [1.54, 1.807) is 13.4 Å². The summed E-state index contributed by atoms with van der Waals surface area (Å²) in [7, 11) is 3.71. The van der Waals surface area contributed by atoms with E-state index in [9.17, 15) is 0 Å². The van der Waals surface area contributed by atoms with E-state index in [2.05, 4.69) is 14.9 Å². The molecule has 0 fully saturated rings. The highest BCUT2D eigenvalue weighted by molar-refractivity contribution is 5.57. The Labute approximate surface area is 94.9 Å². The highest BCUT2D eigenvalue weighted by atomic mass is 16.5. The largest absolute Gasteiger partial charge is 0.495 e. The summed E-state index contributed by atoms with van der Waals surface area (Å²) in [5.74, 6) is 0.879. The number of nitrogens with zero attached hydrogens (tertiary/aromatic N) is 2. The molecule has 2 rings (SSSR count). The summed E-state index contributed by atoms with van der Waals surface area (Å²) in [6.07, 6.45) is 3.51. The minimum atomic E-state index is 0.778. The first-order chi connectivity index (χ1) is 7.81. The van der Waals surface area contributed by atoms with Crippen molar-refractivity contribution in [1.29, 1.82) is 0 Å². The van der Waals surface area contributed by atoms with Crippen molar-refractivity contribution in [3.8, 4) is 5.75 Å². The number of nitrogens with one attached hydrogen (secondary N) is 1. The van der Waals surface area contributed by atoms with Crippen LogP contribution in [0.3, 0.4) is 0 Å². The summed E-state index contributed by atoms with van der Waals surface area (Å²) in [6.45, 7) is 0.778. The zero-order valence-electron chi connectivity index (χ0n) is 9.47. The number of anilines is 1. The van der Waals surface area contributed by atoms with Gasteiger partial charge in [0.1, 0.15) is 5.75 Å². The molecule has 0 saturated heterocycles. The Hall–Kier alpha value is -1.97. The highest BCUT2D eigenvalue weighted by Crippen LogP contribution is 2.27. The van der Waals surface area contributed by atoms with E-state index in [4.69, 9.17) is 4.74 Å². The Kier molecular flexibility index (Phi) is 3.10. The van der Waals surface area contributed by atoms with E-state index in [0.717, 1.165) is 23.7 Å². The fraction of sp³-hybridized carbons (Fsp3) is 0.250. The summed E-state index contributed by atoms with van der Waals surface area (Å²) in [4.78, 5) is 9.20. The van der Waals surface area contributed by atoms with Crippen LogP contribution in [0.4, 0.5) is 5.69 Å². The lowest BCUT2D eigenvalue weighted by molar-refractivity contribution is 0.414. The fourth-order valence-electron chi connectivity index (χ4n) is 1.66. The van der Waals surface area contributed by atoms with Crippen molar-refractivity contribution in [1.82, 2.24) is 9.97 Å². The predicted octanol–water partition coefficient (Wildman–Crippen LogP) is 2.05. The first kappa shape index (κ1) is 10.5. The second-order valence-electron chi connectivity index (χ2n) is 3.60. The molecule has 84 valence electrons. The number of benzene rings is 1. The van der Waals surface area contributed by atoms with Gasteiger partial charge >= 0.3 is 0 Å². The van der Waals surface area contributed by atoms with Crippen LogP contribution in [0.1, 0.15) is 5.69 Å². The van der Waals surface area contributed by atoms with Gasteiger partial charge in [-0.05, 0) is 12.1 Å². The Morgan fingerprint density at radius 1 is 1.38 bits per heavy atom. The van der Waals surface area contributed by atoms with Crippen molar-refractivity contribution in [2.75, 3.05) is 19.1 Å². The summed E-state index contributed by atoms with van der Waals surface area (Å²) >= 11 is 0. The lowest BCUT2D eigenvalue weighted by Crippen LogP contribution is -2.17. The Balaban J connectivity index is 2.17. The summed E-state index contributed by atoms with van der Waals surface area (Å²) < 4.78 is 5.32. The molecular weight excluding hydrogens is 202 g/mol. The van der Waals surface area contributed by atoms with Gasteiger partial charge in [0.25, 0.3) is 0 Å². The highest BCUT2D eigenvalue weighted by Gasteiger charge is 2.07. The average Bonchev–Trinajstić information content (AvgIpc) is 2.81. The molecule has 1 heterocycles. The van der Waals surface area contributed by atoms with Crippen LogP contribution in [0, 0.1) is 0 Å². The molecule has 0 atom stereocenters. The SMILES string of the molecule is COc1ccccc1N(C)Cc1cnc[nH]1. The molecule has 1 N–H and O–H groups in total. The zero-order valence-corrected chi connectivity index (χ0v) is 9.47. The van der Waals surface area contributed by atoms with Crippen molar-refractivity contribution < 1.29 is 4.74 Å². The maximum atomic E-state index is 5.32. The quantitative estimate of drug-likeness (QED) is 0.852. The second kappa shape index (κ2) is 4.70. The van der Waals surface area contributed by atoms with Crippen LogP contribution < -0.4 is 9.64 Å². The van der Waals surface area contributed by atoms with Crippen molar-refractivity contribution in [3.05, 3.63) is 42.5 Å². The van der Waals surface area contributed by atoms with Gasteiger partial charge in [-0.25, -0.2) is 4.98 Å². The Morgan fingerprint density at radius 2 is 2.19 bits per heavy atom. The molecule has 4 nitrogen and oxygen atoms in total. The summed E-state index contributed by atoms with van der Waals surface area (Å²) in [5, 5.41) is 0. The topological polar surface area (TPSA) is 41.1 Å². The summed E-state index contributed by atoms with van der Waals surface area (Å²) in [5.41, 5.74) is 2.15. The fourth-order valence-corrected chi connectivity index (χ4v) is 1.66. The number of rotatable bonds is 4. The summed E-state index contributed by atoms with van der Waals surface area (Å²) in [6, 6.07) is 7.96. The predicted molar refractivity (Wildman–Crippen MR) is 63.7 cm³/mol. The second-order valence-corrected chi connectivity index (χ2v) is 3.60. The maximum Gasteiger partial charge on any atom is 0.142 e. The van der Waals surface area contributed by atoms with E-state index in [1.165, 1.54) is 0 Å². The minimum Gasteiger partial charge on any atom is -0.495 e. The molecule has 0 spiro atoms. The average molecular weight is 217 g/mol. The molecule has 4 heteroatoms. The lowest BCUT2D eigenvalue weighted by atomic mass is 10.2. The van der Waals surface area contributed by atoms with Crippen LogP contribution in [0.15, 0.2) is 36.8 Å². The first-order valence-electron chi connectivity index (χ1n) is 5.12. The molecule has 0 amide bonds. The van der Waals surface area contributed by atoms with Crippen LogP contribution in [0.5, 0.6) is 5.75 Å². The standard InChI is InChI=1S/C12H15N3O/c1-15(8-10-7-13-9-14-10)11-5-3-4-6-12(11)16-2/h3-7,9H,8H2,1-2H3,(H,13,14). The van der Waals surface area contributed by atoms with Crippen LogP contribution in [-0.2, 0) is 6.54 Å². The molecule has 2 aromatic rings. The molecule has 1 aromatic heterocycles. The number of hydrogen-bond donors (Lipinski definition) is 1. The van der Waals surface area contributed by atoms with Gasteiger partial charge in [-0.15, -0.1) is 0 Å². The Bertz CT molecular complexity index is 439. The third-order valence-corrected chi connectivity index (χ3v) is 2.46. The van der Waals surface area contributed by atoms with Crippen molar-refractivity contribution in [2.24, 2.45) is 0 Å². The van der Waals surface area contributed by atoms with E-state index in [0.29, 0.717) is 0 Å². The molecule has 0 aliphatic rings. The van der Waals surface area contributed by atoms with Crippen LogP contribution in [0.2, 0.25) is 0 Å². The number of hydrogen-bond acceptors (Lipinski definition) is 3. The molecule has 0 bridgehead atoms. The van der Waals surface area contributed by atoms with E-state index >= 15 is 0 Å². The van der Waals surface area contributed by atoms with E-state index in [-0.39, 0.29) is 0 Å². The van der Waals surface area contributed by atoms with Gasteiger partial charge < -0.3 is 14.6 Å². The number of methoxy groups -OCH3 is 1. The van der Waals surface area contributed by atoms with E-state index < -0.39 is 0 Å². The number of H-pyrrole nitrogens is 1. The number of aromatic nitrogens is 2. The number of ether oxygens (including phenoxy) is 1. The molecule has 0 aliphatic heterocycles. The molecule has 0 radical (unpaired) electrons. The number of aromatic amines is 1. The van der Waals surface area contributed by atoms with Crippen molar-refractivity contribution in [3.63, 3.8) is 0 Å². The molecule has 0 unspecified atom stereocenters. The molecular formula is C12H15N3O. The lowest BCUT2D eigenvalue weighted by Gasteiger charge is -2.20. The molecule has 0 saturated carbocycles. The molecule has 0 aliphatic carbocycles. The smallest absolute Gasteiger partial charge is 0.142 e. The minimum absolute atomic E-state index is 0.778. The van der Waals surface area contributed by atoms with Gasteiger partial charge in [-0.3, -0.25) is 0 Å².